The van der Waals surface area contributed by atoms with Gasteiger partial charge in [0.1, 0.15) is 0 Å². The van der Waals surface area contributed by atoms with E-state index in [1.807, 2.05) is 24.3 Å². The second kappa shape index (κ2) is 6.96. The molecule has 0 bridgehead atoms. The van der Waals surface area contributed by atoms with Crippen LogP contribution in [0.2, 0.25) is 0 Å². The van der Waals surface area contributed by atoms with Gasteiger partial charge in [-0.25, -0.2) is 0 Å². The summed E-state index contributed by atoms with van der Waals surface area (Å²) in [6.45, 7) is 2.08. The van der Waals surface area contributed by atoms with Crippen LogP contribution in [0, 0.1) is 11.3 Å². The molecule has 0 saturated heterocycles. The number of hydrogen-bond acceptors (Lipinski definition) is 3. The zero-order valence-corrected chi connectivity index (χ0v) is 13.6. The zero-order valence-electron chi connectivity index (χ0n) is 11.1. The molecule has 5 heteroatoms. The third-order valence-electron chi connectivity index (χ3n) is 3.08. The molecule has 0 saturated carbocycles. The van der Waals surface area contributed by atoms with Crippen molar-refractivity contribution in [2.24, 2.45) is 0 Å². The SMILES string of the molecule is CCCSC1=C(C#N)[C@H](c2ccc(Br)cc2)CC(=O)N1. The molecule has 0 radical (unpaired) electrons. The molecule has 1 aromatic rings. The second-order valence-corrected chi connectivity index (χ2v) is 6.58. The Morgan fingerprint density at radius 3 is 2.75 bits per heavy atom. The predicted molar refractivity (Wildman–Crippen MR) is 85.0 cm³/mol. The molecule has 1 heterocycles. The number of nitriles is 1. The van der Waals surface area contributed by atoms with E-state index in [4.69, 9.17) is 0 Å². The van der Waals surface area contributed by atoms with E-state index in [9.17, 15) is 10.1 Å². The van der Waals surface area contributed by atoms with Crippen molar-refractivity contribution in [1.29, 1.82) is 5.26 Å². The first-order valence-corrected chi connectivity index (χ1v) is 8.26. The Hall–Kier alpha value is -1.25. The number of nitrogens with zero attached hydrogens (tertiary/aromatic N) is 1. The van der Waals surface area contributed by atoms with E-state index in [1.54, 1.807) is 11.8 Å². The fraction of sp³-hybridized carbons (Fsp3) is 0.333. The molecule has 3 nitrogen and oxygen atoms in total. The van der Waals surface area contributed by atoms with Crippen molar-refractivity contribution in [3.63, 3.8) is 0 Å². The van der Waals surface area contributed by atoms with Crippen LogP contribution in [0.25, 0.3) is 0 Å². The Bertz CT molecular complexity index is 575. The summed E-state index contributed by atoms with van der Waals surface area (Å²) in [6, 6.07) is 10.1. The summed E-state index contributed by atoms with van der Waals surface area (Å²) in [5.74, 6) is 0.741. The molecule has 0 spiro atoms. The first-order valence-electron chi connectivity index (χ1n) is 6.48. The maximum atomic E-state index is 11.9. The standard InChI is InChI=1S/C15H15BrN2OS/c1-2-7-20-15-13(9-17)12(8-14(19)18-15)10-3-5-11(16)6-4-10/h3-6,12H,2,7-8H2,1H3,(H,18,19)/t12-/m0/s1. The Morgan fingerprint density at radius 2 is 2.15 bits per heavy atom. The third kappa shape index (κ3) is 3.44. The topological polar surface area (TPSA) is 52.9 Å². The van der Waals surface area contributed by atoms with Crippen LogP contribution in [-0.4, -0.2) is 11.7 Å². The minimum atomic E-state index is -0.138. The van der Waals surface area contributed by atoms with Gasteiger partial charge < -0.3 is 5.32 Å². The molecule has 0 fully saturated rings. The van der Waals surface area contributed by atoms with Crippen molar-refractivity contribution in [3.05, 3.63) is 44.9 Å². The van der Waals surface area contributed by atoms with Crippen LogP contribution >= 0.6 is 27.7 Å². The second-order valence-electron chi connectivity index (χ2n) is 4.56. The zero-order chi connectivity index (χ0) is 14.5. The van der Waals surface area contributed by atoms with Gasteiger partial charge in [-0.3, -0.25) is 4.79 Å². The van der Waals surface area contributed by atoms with Crippen molar-refractivity contribution < 1.29 is 4.79 Å². The van der Waals surface area contributed by atoms with Crippen LogP contribution in [0.4, 0.5) is 0 Å². The van der Waals surface area contributed by atoms with E-state index in [-0.39, 0.29) is 11.8 Å². The number of rotatable bonds is 4. The van der Waals surface area contributed by atoms with Crippen molar-refractivity contribution in [3.8, 4) is 6.07 Å². The first kappa shape index (κ1) is 15.1. The normalized spacial score (nSPS) is 18.6. The summed E-state index contributed by atoms with van der Waals surface area (Å²) in [7, 11) is 0. The molecule has 20 heavy (non-hydrogen) atoms. The largest absolute Gasteiger partial charge is 0.320 e. The average molecular weight is 351 g/mol. The van der Waals surface area contributed by atoms with Crippen LogP contribution in [-0.2, 0) is 4.79 Å². The monoisotopic (exact) mass is 350 g/mol. The molecule has 0 aliphatic carbocycles. The summed E-state index contributed by atoms with van der Waals surface area (Å²) >= 11 is 4.95. The van der Waals surface area contributed by atoms with E-state index in [0.29, 0.717) is 12.0 Å². The van der Waals surface area contributed by atoms with Crippen LogP contribution in [0.1, 0.15) is 31.2 Å². The van der Waals surface area contributed by atoms with E-state index >= 15 is 0 Å². The quantitative estimate of drug-likeness (QED) is 0.894. The van der Waals surface area contributed by atoms with E-state index < -0.39 is 0 Å². The Balaban J connectivity index is 2.37. The van der Waals surface area contributed by atoms with Gasteiger partial charge >= 0.3 is 0 Å². The third-order valence-corrected chi connectivity index (χ3v) is 4.83. The summed E-state index contributed by atoms with van der Waals surface area (Å²) in [6.07, 6.45) is 1.34. The molecular formula is C15H15BrN2OS. The highest BCUT2D eigenvalue weighted by Gasteiger charge is 2.29. The van der Waals surface area contributed by atoms with Crippen molar-refractivity contribution in [1.82, 2.24) is 5.32 Å². The number of halogens is 1. The van der Waals surface area contributed by atoms with Gasteiger partial charge in [0, 0.05) is 16.8 Å². The van der Waals surface area contributed by atoms with Gasteiger partial charge in [-0.15, -0.1) is 11.8 Å². The summed E-state index contributed by atoms with van der Waals surface area (Å²) < 4.78 is 0.990. The average Bonchev–Trinajstić information content (AvgIpc) is 2.45. The lowest BCUT2D eigenvalue weighted by atomic mass is 9.87. The fourth-order valence-electron chi connectivity index (χ4n) is 2.12. The molecule has 1 N–H and O–H groups in total. The smallest absolute Gasteiger partial charge is 0.225 e. The highest BCUT2D eigenvalue weighted by atomic mass is 79.9. The van der Waals surface area contributed by atoms with Gasteiger partial charge in [0.05, 0.1) is 16.7 Å². The van der Waals surface area contributed by atoms with Gasteiger partial charge in [-0.2, -0.15) is 5.26 Å². The maximum absolute atomic E-state index is 11.9. The van der Waals surface area contributed by atoms with E-state index in [1.165, 1.54) is 0 Å². The predicted octanol–water partition coefficient (Wildman–Crippen LogP) is 3.93. The van der Waals surface area contributed by atoms with Crippen LogP contribution in [0.15, 0.2) is 39.3 Å². The molecule has 1 atom stereocenters. The lowest BCUT2D eigenvalue weighted by Crippen LogP contribution is -2.30. The molecule has 1 amide bonds. The minimum absolute atomic E-state index is 0.0180. The molecular weight excluding hydrogens is 336 g/mol. The summed E-state index contributed by atoms with van der Waals surface area (Å²) in [5, 5.41) is 13.0. The first-order chi connectivity index (χ1) is 9.65. The van der Waals surface area contributed by atoms with Crippen molar-refractivity contribution in [2.45, 2.75) is 25.7 Å². The number of benzene rings is 1. The molecule has 0 aromatic heterocycles. The number of carbonyl (C=O) groups excluding carboxylic acids is 1. The molecule has 1 aromatic carbocycles. The fourth-order valence-corrected chi connectivity index (χ4v) is 3.32. The Kier molecular flexibility index (Phi) is 5.27. The molecule has 2 rings (SSSR count). The van der Waals surface area contributed by atoms with Crippen LogP contribution < -0.4 is 5.32 Å². The van der Waals surface area contributed by atoms with Gasteiger partial charge in [-0.1, -0.05) is 35.0 Å². The highest BCUT2D eigenvalue weighted by molar-refractivity contribution is 9.10. The van der Waals surface area contributed by atoms with Crippen molar-refractivity contribution >= 4 is 33.6 Å². The highest BCUT2D eigenvalue weighted by Crippen LogP contribution is 2.36. The maximum Gasteiger partial charge on any atom is 0.225 e. The van der Waals surface area contributed by atoms with Gasteiger partial charge in [0.15, 0.2) is 0 Å². The van der Waals surface area contributed by atoms with E-state index in [2.05, 4.69) is 34.2 Å². The minimum Gasteiger partial charge on any atom is -0.320 e. The number of amides is 1. The number of nitrogens with one attached hydrogen (secondary N) is 1. The number of allylic oxidation sites excluding steroid dienone is 1. The van der Waals surface area contributed by atoms with Gasteiger partial charge in [-0.05, 0) is 29.9 Å². The Labute approximate surface area is 131 Å². The molecule has 104 valence electrons. The molecule has 1 aliphatic rings. The molecule has 0 unspecified atom stereocenters. The van der Waals surface area contributed by atoms with Crippen LogP contribution in [0.3, 0.4) is 0 Å². The lowest BCUT2D eigenvalue weighted by molar-refractivity contribution is -0.120. The molecule has 1 aliphatic heterocycles. The number of carbonyl (C=O) groups is 1. The van der Waals surface area contributed by atoms with Crippen LogP contribution in [0.5, 0.6) is 0 Å². The lowest BCUT2D eigenvalue weighted by Gasteiger charge is -2.25. The van der Waals surface area contributed by atoms with Crippen molar-refractivity contribution in [2.75, 3.05) is 5.75 Å². The summed E-state index contributed by atoms with van der Waals surface area (Å²) in [5.41, 5.74) is 1.68. The number of hydrogen-bond donors (Lipinski definition) is 1. The summed E-state index contributed by atoms with van der Waals surface area (Å²) in [4.78, 5) is 11.9. The van der Waals surface area contributed by atoms with Gasteiger partial charge in [0.2, 0.25) is 5.91 Å². The number of thioether (sulfide) groups is 1. The van der Waals surface area contributed by atoms with Gasteiger partial charge in [0.25, 0.3) is 0 Å². The Morgan fingerprint density at radius 1 is 1.45 bits per heavy atom. The van der Waals surface area contributed by atoms with E-state index in [0.717, 1.165) is 27.2 Å².